The molecule has 0 aliphatic rings. The second-order valence-corrected chi connectivity index (χ2v) is 1.87. The number of hydrogen-bond acceptors (Lipinski definition) is 3. The van der Waals surface area contributed by atoms with Crippen molar-refractivity contribution in [3.63, 3.8) is 0 Å². The van der Waals surface area contributed by atoms with Gasteiger partial charge in [0.1, 0.15) is 6.61 Å². The number of esters is 1. The van der Waals surface area contributed by atoms with Gasteiger partial charge in [-0.2, -0.15) is 0 Å². The first-order valence-corrected chi connectivity index (χ1v) is 3.15. The van der Waals surface area contributed by atoms with E-state index in [1.807, 2.05) is 0 Å². The van der Waals surface area contributed by atoms with Crippen molar-refractivity contribution in [3.8, 4) is 0 Å². The Morgan fingerprint density at radius 1 is 1.45 bits per heavy atom. The second-order valence-electron chi connectivity index (χ2n) is 1.87. The molecule has 0 bridgehead atoms. The fourth-order valence-corrected chi connectivity index (χ4v) is 0.433. The number of carboxylic acid groups (broad SMARTS) is 1. The molecule has 0 aromatic carbocycles. The summed E-state index contributed by atoms with van der Waals surface area (Å²) >= 11 is 0. The normalized spacial score (nSPS) is 8.73. The van der Waals surface area contributed by atoms with Crippen molar-refractivity contribution in [2.45, 2.75) is 12.8 Å². The standard InChI is InChI=1S/C7H10O4/c1-2-5-11-7(10)4-3-6(8)9/h2H,1,3-5H2,(H,8,9). The molecule has 62 valence electrons. The van der Waals surface area contributed by atoms with Crippen LogP contribution in [0.25, 0.3) is 0 Å². The van der Waals surface area contributed by atoms with E-state index in [1.165, 1.54) is 6.08 Å². The van der Waals surface area contributed by atoms with Crippen LogP contribution >= 0.6 is 0 Å². The van der Waals surface area contributed by atoms with Crippen molar-refractivity contribution in [1.29, 1.82) is 0 Å². The molecule has 0 saturated heterocycles. The fourth-order valence-electron chi connectivity index (χ4n) is 0.433. The van der Waals surface area contributed by atoms with Crippen LogP contribution in [0.2, 0.25) is 0 Å². The van der Waals surface area contributed by atoms with Crippen LogP contribution in [0, 0.1) is 0 Å². The minimum atomic E-state index is -0.999. The minimum Gasteiger partial charge on any atom is -0.481 e. The number of carboxylic acids is 1. The van der Waals surface area contributed by atoms with Crippen molar-refractivity contribution < 1.29 is 19.4 Å². The molecule has 0 rings (SSSR count). The van der Waals surface area contributed by atoms with E-state index < -0.39 is 11.9 Å². The SMILES string of the molecule is C=CCOC(=O)CCC(=O)O. The van der Waals surface area contributed by atoms with Gasteiger partial charge in [0.25, 0.3) is 0 Å². The monoisotopic (exact) mass is 158 g/mol. The number of rotatable bonds is 5. The zero-order valence-electron chi connectivity index (χ0n) is 6.08. The van der Waals surface area contributed by atoms with Crippen LogP contribution < -0.4 is 0 Å². The van der Waals surface area contributed by atoms with Crippen LogP contribution in [0.4, 0.5) is 0 Å². The van der Waals surface area contributed by atoms with Crippen LogP contribution in [-0.4, -0.2) is 23.7 Å². The number of carbonyl (C=O) groups is 2. The van der Waals surface area contributed by atoms with Gasteiger partial charge in [0.15, 0.2) is 0 Å². The van der Waals surface area contributed by atoms with Gasteiger partial charge < -0.3 is 9.84 Å². The molecule has 0 aromatic heterocycles. The third kappa shape index (κ3) is 6.57. The topological polar surface area (TPSA) is 63.6 Å². The van der Waals surface area contributed by atoms with Crippen LogP contribution in [0.5, 0.6) is 0 Å². The lowest BCUT2D eigenvalue weighted by molar-refractivity contribution is -0.146. The molecule has 0 aromatic rings. The Hall–Kier alpha value is -1.32. The summed E-state index contributed by atoms with van der Waals surface area (Å²) in [6.45, 7) is 3.47. The van der Waals surface area contributed by atoms with Crippen molar-refractivity contribution >= 4 is 11.9 Å². The Morgan fingerprint density at radius 2 is 2.09 bits per heavy atom. The number of hydrogen-bond donors (Lipinski definition) is 1. The van der Waals surface area contributed by atoms with E-state index in [0.717, 1.165) is 0 Å². The predicted octanol–water partition coefficient (Wildman–Crippen LogP) is 0.580. The van der Waals surface area contributed by atoms with Crippen LogP contribution in [0.3, 0.4) is 0 Å². The van der Waals surface area contributed by atoms with Crippen molar-refractivity contribution in [3.05, 3.63) is 12.7 Å². The molecule has 0 unspecified atom stereocenters. The summed E-state index contributed by atoms with van der Waals surface area (Å²) in [7, 11) is 0. The second kappa shape index (κ2) is 5.46. The Morgan fingerprint density at radius 3 is 2.55 bits per heavy atom. The Bertz CT molecular complexity index is 162. The minimum absolute atomic E-state index is 0.0802. The molecule has 0 amide bonds. The van der Waals surface area contributed by atoms with Gasteiger partial charge in [0.05, 0.1) is 12.8 Å². The van der Waals surface area contributed by atoms with Gasteiger partial charge in [-0.25, -0.2) is 0 Å². The highest BCUT2D eigenvalue weighted by Crippen LogP contribution is 1.92. The van der Waals surface area contributed by atoms with Gasteiger partial charge in [-0.1, -0.05) is 12.7 Å². The van der Waals surface area contributed by atoms with E-state index in [4.69, 9.17) is 5.11 Å². The molecule has 0 fully saturated rings. The van der Waals surface area contributed by atoms with Crippen LogP contribution in [0.15, 0.2) is 12.7 Å². The van der Waals surface area contributed by atoms with E-state index in [2.05, 4.69) is 11.3 Å². The van der Waals surface area contributed by atoms with Crippen molar-refractivity contribution in [2.75, 3.05) is 6.61 Å². The number of aliphatic carboxylic acids is 1. The van der Waals surface area contributed by atoms with E-state index in [0.29, 0.717) is 0 Å². The van der Waals surface area contributed by atoms with Crippen LogP contribution in [0.1, 0.15) is 12.8 Å². The Labute approximate surface area is 64.5 Å². The zero-order valence-corrected chi connectivity index (χ0v) is 6.08. The van der Waals surface area contributed by atoms with Gasteiger partial charge in [0.2, 0.25) is 0 Å². The number of carbonyl (C=O) groups excluding carboxylic acids is 1. The van der Waals surface area contributed by atoms with Gasteiger partial charge >= 0.3 is 11.9 Å². The summed E-state index contributed by atoms with van der Waals surface area (Å²) in [6, 6.07) is 0. The molecule has 4 heteroatoms. The summed E-state index contributed by atoms with van der Waals surface area (Å²) in [5, 5.41) is 8.16. The molecule has 0 radical (unpaired) electrons. The Kier molecular flexibility index (Phi) is 4.81. The summed E-state index contributed by atoms with van der Waals surface area (Å²) in [5.41, 5.74) is 0. The molecule has 0 aliphatic heterocycles. The number of ether oxygens (including phenoxy) is 1. The molecule has 0 saturated carbocycles. The Balaban J connectivity index is 3.37. The summed E-state index contributed by atoms with van der Waals surface area (Å²) < 4.78 is 4.52. The molecular weight excluding hydrogens is 148 g/mol. The van der Waals surface area contributed by atoms with E-state index in [-0.39, 0.29) is 19.4 Å². The maximum Gasteiger partial charge on any atom is 0.306 e. The summed E-state index contributed by atoms with van der Waals surface area (Å²) in [6.07, 6.45) is 1.16. The highest BCUT2D eigenvalue weighted by molar-refractivity contribution is 5.76. The average Bonchev–Trinajstić information content (AvgIpc) is 1.97. The molecule has 0 atom stereocenters. The maximum absolute atomic E-state index is 10.6. The molecule has 0 spiro atoms. The first-order chi connectivity index (χ1) is 5.16. The van der Waals surface area contributed by atoms with Gasteiger partial charge in [-0.3, -0.25) is 9.59 Å². The molecule has 11 heavy (non-hydrogen) atoms. The largest absolute Gasteiger partial charge is 0.481 e. The van der Waals surface area contributed by atoms with Gasteiger partial charge in [-0.15, -0.1) is 0 Å². The highest BCUT2D eigenvalue weighted by Gasteiger charge is 2.04. The quantitative estimate of drug-likeness (QED) is 0.469. The third-order valence-corrected chi connectivity index (χ3v) is 0.905. The summed E-state index contributed by atoms with van der Waals surface area (Å²) in [4.78, 5) is 20.5. The van der Waals surface area contributed by atoms with E-state index in [1.54, 1.807) is 0 Å². The molecule has 4 nitrogen and oxygen atoms in total. The third-order valence-electron chi connectivity index (χ3n) is 0.905. The van der Waals surface area contributed by atoms with Gasteiger partial charge in [0, 0.05) is 0 Å². The molecule has 0 heterocycles. The van der Waals surface area contributed by atoms with E-state index >= 15 is 0 Å². The fraction of sp³-hybridized carbons (Fsp3) is 0.429. The maximum atomic E-state index is 10.6. The van der Waals surface area contributed by atoms with E-state index in [9.17, 15) is 9.59 Å². The lowest BCUT2D eigenvalue weighted by Crippen LogP contribution is -2.07. The van der Waals surface area contributed by atoms with Crippen LogP contribution in [-0.2, 0) is 14.3 Å². The van der Waals surface area contributed by atoms with Crippen molar-refractivity contribution in [2.24, 2.45) is 0 Å². The zero-order chi connectivity index (χ0) is 8.69. The lowest BCUT2D eigenvalue weighted by Gasteiger charge is -1.98. The lowest BCUT2D eigenvalue weighted by atomic mass is 10.3. The molecule has 0 aliphatic carbocycles. The first kappa shape index (κ1) is 9.68. The smallest absolute Gasteiger partial charge is 0.306 e. The first-order valence-electron chi connectivity index (χ1n) is 3.15. The summed E-state index contributed by atoms with van der Waals surface area (Å²) in [5.74, 6) is -1.51. The predicted molar refractivity (Wildman–Crippen MR) is 38.0 cm³/mol. The van der Waals surface area contributed by atoms with Gasteiger partial charge in [-0.05, 0) is 0 Å². The molecular formula is C7H10O4. The molecule has 1 N–H and O–H groups in total. The average molecular weight is 158 g/mol. The van der Waals surface area contributed by atoms with Crippen molar-refractivity contribution in [1.82, 2.24) is 0 Å². The highest BCUT2D eigenvalue weighted by atomic mass is 16.5.